The predicted octanol–water partition coefficient (Wildman–Crippen LogP) is 5.05. The molecule has 2 aromatic carbocycles. The van der Waals surface area contributed by atoms with Gasteiger partial charge in [0.2, 0.25) is 5.95 Å². The van der Waals surface area contributed by atoms with Gasteiger partial charge in [-0.1, -0.05) is 25.1 Å². The Morgan fingerprint density at radius 3 is 2.49 bits per heavy atom. The zero-order chi connectivity index (χ0) is 29.1. The summed E-state index contributed by atoms with van der Waals surface area (Å²) in [5.74, 6) is 1.12. The fraction of sp³-hybridized carbons (Fsp3) is 0.400. The van der Waals surface area contributed by atoms with Crippen LogP contribution >= 0.6 is 0 Å². The zero-order valence-corrected chi connectivity index (χ0v) is 25.0. The molecule has 1 saturated carbocycles. The largest absolute Gasteiger partial charge is 0.494 e. The standard InChI is InChI=1S/C30H37N7O3S/c1-6-20-15-21(16-22-18-31-30(33-28(20)22)32-23-11-13-24(14-12-23)37(3)4)29-25(40-5)17-27(34-35-29)36-41(38,39)26-10-8-7-9-19(26)2/h7-10,15-18,23-24H,6,11-14H2,1-5H3,(H,34,36)(H,31,32,33). The molecule has 1 aliphatic carbocycles. The number of methoxy groups -OCH3 is 1. The third-order valence-electron chi connectivity index (χ3n) is 7.78. The van der Waals surface area contributed by atoms with E-state index in [0.717, 1.165) is 54.1 Å². The lowest BCUT2D eigenvalue weighted by atomic mass is 9.90. The van der Waals surface area contributed by atoms with Crippen LogP contribution in [0.4, 0.5) is 11.8 Å². The molecule has 4 aromatic rings. The van der Waals surface area contributed by atoms with E-state index >= 15 is 0 Å². The van der Waals surface area contributed by atoms with Crippen molar-refractivity contribution in [2.75, 3.05) is 31.2 Å². The smallest absolute Gasteiger partial charge is 0.263 e. The molecule has 0 saturated heterocycles. The number of aryl methyl sites for hydroxylation is 2. The molecule has 11 heteroatoms. The third kappa shape index (κ3) is 6.25. The second kappa shape index (κ2) is 12.0. The van der Waals surface area contributed by atoms with Crippen LogP contribution in [0.3, 0.4) is 0 Å². The number of hydrogen-bond donors (Lipinski definition) is 2. The first-order valence-electron chi connectivity index (χ1n) is 13.9. The van der Waals surface area contributed by atoms with Crippen LogP contribution in [0.2, 0.25) is 0 Å². The highest BCUT2D eigenvalue weighted by atomic mass is 32.2. The summed E-state index contributed by atoms with van der Waals surface area (Å²) in [5, 5.41) is 13.0. The number of benzene rings is 2. The van der Waals surface area contributed by atoms with Gasteiger partial charge in [-0.25, -0.2) is 18.4 Å². The first-order chi connectivity index (χ1) is 19.7. The van der Waals surface area contributed by atoms with Crippen molar-refractivity contribution in [3.8, 4) is 17.0 Å². The van der Waals surface area contributed by atoms with Crippen LogP contribution < -0.4 is 14.8 Å². The highest BCUT2D eigenvalue weighted by Gasteiger charge is 2.23. The topological polar surface area (TPSA) is 122 Å². The summed E-state index contributed by atoms with van der Waals surface area (Å²) in [5.41, 5.74) is 3.87. The minimum atomic E-state index is -3.84. The van der Waals surface area contributed by atoms with Gasteiger partial charge in [-0.05, 0) is 82.4 Å². The zero-order valence-electron chi connectivity index (χ0n) is 24.2. The summed E-state index contributed by atoms with van der Waals surface area (Å²) >= 11 is 0. The molecule has 0 radical (unpaired) electrons. The Morgan fingerprint density at radius 1 is 1.05 bits per heavy atom. The van der Waals surface area contributed by atoms with Crippen molar-refractivity contribution >= 4 is 32.7 Å². The first-order valence-corrected chi connectivity index (χ1v) is 15.4. The Bertz CT molecular complexity index is 1650. The Kier molecular flexibility index (Phi) is 8.37. The maximum Gasteiger partial charge on any atom is 0.263 e. The van der Waals surface area contributed by atoms with Gasteiger partial charge in [0.25, 0.3) is 10.0 Å². The van der Waals surface area contributed by atoms with Gasteiger partial charge in [0.05, 0.1) is 17.5 Å². The number of anilines is 2. The Morgan fingerprint density at radius 2 is 1.80 bits per heavy atom. The minimum Gasteiger partial charge on any atom is -0.494 e. The van der Waals surface area contributed by atoms with E-state index in [-0.39, 0.29) is 10.7 Å². The van der Waals surface area contributed by atoms with Crippen LogP contribution in [0, 0.1) is 6.92 Å². The molecule has 2 aromatic heterocycles. The van der Waals surface area contributed by atoms with Crippen molar-refractivity contribution in [2.45, 2.75) is 62.9 Å². The van der Waals surface area contributed by atoms with E-state index in [9.17, 15) is 8.42 Å². The molecule has 1 aliphatic rings. The van der Waals surface area contributed by atoms with Crippen molar-refractivity contribution < 1.29 is 13.2 Å². The summed E-state index contributed by atoms with van der Waals surface area (Å²) in [4.78, 5) is 12.0. The van der Waals surface area contributed by atoms with E-state index < -0.39 is 10.0 Å². The number of nitrogens with zero attached hydrogens (tertiary/aromatic N) is 5. The van der Waals surface area contributed by atoms with Gasteiger partial charge < -0.3 is 15.0 Å². The van der Waals surface area contributed by atoms with E-state index in [1.54, 1.807) is 37.3 Å². The number of sulfonamides is 1. The maximum absolute atomic E-state index is 13.0. The SMILES string of the molecule is CCc1cc(-c2nnc(NS(=O)(=O)c3ccccc3C)cc2OC)cc2cnc(NC3CCC(N(C)C)CC3)nc12. The van der Waals surface area contributed by atoms with E-state index in [1.165, 1.54) is 7.11 Å². The van der Waals surface area contributed by atoms with Gasteiger partial charge in [0.15, 0.2) is 11.6 Å². The van der Waals surface area contributed by atoms with Crippen LogP contribution in [0.15, 0.2) is 53.6 Å². The predicted molar refractivity (Wildman–Crippen MR) is 162 cm³/mol. The molecule has 10 nitrogen and oxygen atoms in total. The fourth-order valence-electron chi connectivity index (χ4n) is 5.44. The number of ether oxygens (including phenoxy) is 1. The molecule has 2 N–H and O–H groups in total. The Balaban J connectivity index is 1.40. The molecule has 216 valence electrons. The Hall–Kier alpha value is -3.83. The molecule has 0 atom stereocenters. The highest BCUT2D eigenvalue weighted by Crippen LogP contribution is 2.33. The molecule has 2 heterocycles. The van der Waals surface area contributed by atoms with E-state index in [2.05, 4.69) is 51.1 Å². The van der Waals surface area contributed by atoms with Crippen molar-refractivity contribution in [3.63, 3.8) is 0 Å². The van der Waals surface area contributed by atoms with Crippen LogP contribution in [0.1, 0.15) is 43.7 Å². The molecule has 0 spiro atoms. The van der Waals surface area contributed by atoms with Crippen molar-refractivity contribution in [3.05, 3.63) is 59.8 Å². The lowest BCUT2D eigenvalue weighted by Crippen LogP contribution is -2.36. The number of fused-ring (bicyclic) bond motifs is 1. The van der Waals surface area contributed by atoms with Gasteiger partial charge in [-0.2, -0.15) is 0 Å². The first kappa shape index (κ1) is 28.7. The molecule has 5 rings (SSSR count). The summed E-state index contributed by atoms with van der Waals surface area (Å²) in [6.45, 7) is 3.83. The van der Waals surface area contributed by atoms with Crippen molar-refractivity contribution in [2.24, 2.45) is 0 Å². The lowest BCUT2D eigenvalue weighted by molar-refractivity contribution is 0.221. The minimum absolute atomic E-state index is 0.0732. The average Bonchev–Trinajstić information content (AvgIpc) is 2.96. The molecular formula is C30H37N7O3S. The lowest BCUT2D eigenvalue weighted by Gasteiger charge is -2.32. The average molecular weight is 576 g/mol. The van der Waals surface area contributed by atoms with Crippen molar-refractivity contribution in [1.29, 1.82) is 0 Å². The summed E-state index contributed by atoms with van der Waals surface area (Å²) in [6.07, 6.45) is 7.12. The number of aromatic nitrogens is 4. The van der Waals surface area contributed by atoms with Gasteiger partial charge in [0, 0.05) is 35.3 Å². The second-order valence-corrected chi connectivity index (χ2v) is 12.4. The third-order valence-corrected chi connectivity index (χ3v) is 9.29. The molecule has 0 bridgehead atoms. The number of rotatable bonds is 9. The van der Waals surface area contributed by atoms with Gasteiger partial charge in [-0.3, -0.25) is 4.72 Å². The monoisotopic (exact) mass is 575 g/mol. The fourth-order valence-corrected chi connectivity index (χ4v) is 6.68. The van der Waals surface area contributed by atoms with E-state index in [0.29, 0.717) is 35.0 Å². The van der Waals surface area contributed by atoms with Gasteiger partial charge in [-0.15, -0.1) is 10.2 Å². The molecule has 0 amide bonds. The van der Waals surface area contributed by atoms with Crippen molar-refractivity contribution in [1.82, 2.24) is 25.1 Å². The van der Waals surface area contributed by atoms with Crippen LogP contribution in [0.5, 0.6) is 5.75 Å². The number of nitrogens with one attached hydrogen (secondary N) is 2. The normalized spacial score (nSPS) is 17.5. The molecule has 1 fully saturated rings. The quantitative estimate of drug-likeness (QED) is 0.282. The number of hydrogen-bond acceptors (Lipinski definition) is 9. The highest BCUT2D eigenvalue weighted by molar-refractivity contribution is 7.92. The van der Waals surface area contributed by atoms with Crippen LogP contribution in [0.25, 0.3) is 22.2 Å². The van der Waals surface area contributed by atoms with E-state index in [4.69, 9.17) is 9.72 Å². The molecule has 41 heavy (non-hydrogen) atoms. The summed E-state index contributed by atoms with van der Waals surface area (Å²) < 4.78 is 34.1. The molecule has 0 aliphatic heterocycles. The van der Waals surface area contributed by atoms with Crippen LogP contribution in [-0.4, -0.2) is 66.8 Å². The molecular weight excluding hydrogens is 538 g/mol. The Labute approximate surface area is 241 Å². The molecule has 0 unspecified atom stereocenters. The van der Waals surface area contributed by atoms with Crippen LogP contribution in [-0.2, 0) is 16.4 Å². The summed E-state index contributed by atoms with van der Waals surface area (Å²) in [7, 11) is 1.98. The van der Waals surface area contributed by atoms with Gasteiger partial charge in [0.1, 0.15) is 5.69 Å². The van der Waals surface area contributed by atoms with E-state index in [1.807, 2.05) is 18.3 Å². The maximum atomic E-state index is 13.0. The van der Waals surface area contributed by atoms with Gasteiger partial charge >= 0.3 is 0 Å². The second-order valence-electron chi connectivity index (χ2n) is 10.8. The summed E-state index contributed by atoms with van der Waals surface area (Å²) in [6, 6.07) is 13.3.